The molecule has 2 aromatic rings. The Balaban J connectivity index is 1.60. The highest BCUT2D eigenvalue weighted by Gasteiger charge is 2.20. The maximum absolute atomic E-state index is 12.4. The number of amides is 2. The minimum absolute atomic E-state index is 0.0119. The first-order chi connectivity index (χ1) is 14.5. The fourth-order valence-electron chi connectivity index (χ4n) is 3.32. The van der Waals surface area contributed by atoms with Gasteiger partial charge in [-0.1, -0.05) is 29.8 Å². The molecular weight excluding hydrogens is 408 g/mol. The van der Waals surface area contributed by atoms with Gasteiger partial charge in [0.05, 0.1) is 4.92 Å². The number of nitrogens with zero attached hydrogens (tertiary/aromatic N) is 2. The summed E-state index contributed by atoms with van der Waals surface area (Å²) in [6, 6.07) is 11.5. The fraction of sp³-hybridized carbons (Fsp3) is 0.333. The van der Waals surface area contributed by atoms with Gasteiger partial charge in [0.1, 0.15) is 5.69 Å². The molecule has 0 saturated carbocycles. The summed E-state index contributed by atoms with van der Waals surface area (Å²) < 4.78 is 0. The molecule has 158 valence electrons. The van der Waals surface area contributed by atoms with Crippen molar-refractivity contribution in [3.05, 3.63) is 68.7 Å². The van der Waals surface area contributed by atoms with Crippen LogP contribution in [0, 0.1) is 10.1 Å². The van der Waals surface area contributed by atoms with Gasteiger partial charge >= 0.3 is 0 Å². The summed E-state index contributed by atoms with van der Waals surface area (Å²) in [6.45, 7) is 2.03. The normalized spacial score (nSPS) is 13.2. The smallest absolute Gasteiger partial charge is 0.293 e. The summed E-state index contributed by atoms with van der Waals surface area (Å²) in [4.78, 5) is 37.1. The van der Waals surface area contributed by atoms with Crippen molar-refractivity contribution in [2.24, 2.45) is 0 Å². The number of benzene rings is 2. The van der Waals surface area contributed by atoms with E-state index in [4.69, 9.17) is 11.6 Å². The first-order valence-electron chi connectivity index (χ1n) is 9.77. The lowest BCUT2D eigenvalue weighted by Crippen LogP contribution is -2.32. The summed E-state index contributed by atoms with van der Waals surface area (Å²) in [6.07, 6.45) is 2.24. The first-order valence-corrected chi connectivity index (χ1v) is 10.1. The second kappa shape index (κ2) is 10.1. The van der Waals surface area contributed by atoms with Gasteiger partial charge in [-0.25, -0.2) is 0 Å². The fourth-order valence-corrected chi connectivity index (χ4v) is 3.52. The van der Waals surface area contributed by atoms with Crippen LogP contribution in [-0.4, -0.2) is 41.3 Å². The summed E-state index contributed by atoms with van der Waals surface area (Å²) >= 11 is 6.12. The van der Waals surface area contributed by atoms with E-state index < -0.39 is 10.8 Å². The van der Waals surface area contributed by atoms with Crippen LogP contribution in [0.2, 0.25) is 5.02 Å². The molecule has 0 spiro atoms. The van der Waals surface area contributed by atoms with E-state index in [0.717, 1.165) is 31.5 Å². The van der Waals surface area contributed by atoms with Gasteiger partial charge in [-0.15, -0.1) is 0 Å². The lowest BCUT2D eigenvalue weighted by Gasteiger charge is -2.15. The van der Waals surface area contributed by atoms with E-state index in [2.05, 4.69) is 10.6 Å². The summed E-state index contributed by atoms with van der Waals surface area (Å²) in [5.41, 5.74) is 1.06. The van der Waals surface area contributed by atoms with Crippen molar-refractivity contribution in [1.29, 1.82) is 0 Å². The van der Waals surface area contributed by atoms with Gasteiger partial charge in [-0.05, 0) is 36.6 Å². The number of rotatable bonds is 8. The maximum atomic E-state index is 12.4. The van der Waals surface area contributed by atoms with Crippen molar-refractivity contribution in [2.45, 2.75) is 25.8 Å². The first kappa shape index (κ1) is 21.6. The zero-order valence-electron chi connectivity index (χ0n) is 16.4. The molecule has 0 radical (unpaired) electrons. The van der Waals surface area contributed by atoms with Crippen molar-refractivity contribution in [1.82, 2.24) is 10.2 Å². The molecule has 0 aliphatic carbocycles. The number of nitro groups is 1. The molecule has 1 heterocycles. The third-order valence-corrected chi connectivity index (χ3v) is 5.34. The van der Waals surface area contributed by atoms with E-state index in [-0.39, 0.29) is 30.1 Å². The minimum atomic E-state index is -0.539. The number of likely N-dealkylation sites (tertiary alicyclic amines) is 1. The molecule has 1 aliphatic heterocycles. The second-order valence-electron chi connectivity index (χ2n) is 7.03. The molecule has 9 heteroatoms. The number of anilines is 1. The molecule has 1 saturated heterocycles. The monoisotopic (exact) mass is 430 g/mol. The average Bonchev–Trinajstić information content (AvgIpc) is 3.28. The number of hydrogen-bond acceptors (Lipinski definition) is 5. The molecule has 0 unspecified atom stereocenters. The molecule has 1 fully saturated rings. The van der Waals surface area contributed by atoms with Crippen LogP contribution in [-0.2, 0) is 11.3 Å². The van der Waals surface area contributed by atoms with Crippen LogP contribution in [0.5, 0.6) is 0 Å². The van der Waals surface area contributed by atoms with Crippen LogP contribution in [0.1, 0.15) is 35.2 Å². The van der Waals surface area contributed by atoms with Crippen molar-refractivity contribution in [3.8, 4) is 0 Å². The Morgan fingerprint density at radius 3 is 2.57 bits per heavy atom. The molecule has 1 aliphatic rings. The van der Waals surface area contributed by atoms with Crippen LogP contribution in [0.15, 0.2) is 42.5 Å². The van der Waals surface area contributed by atoms with Crippen LogP contribution in [0.3, 0.4) is 0 Å². The third-order valence-electron chi connectivity index (χ3n) is 4.97. The van der Waals surface area contributed by atoms with Crippen molar-refractivity contribution in [3.63, 3.8) is 0 Å². The van der Waals surface area contributed by atoms with E-state index >= 15 is 0 Å². The third kappa shape index (κ3) is 5.48. The molecule has 3 rings (SSSR count). The second-order valence-corrected chi connectivity index (χ2v) is 7.43. The Labute approximate surface area is 179 Å². The average molecular weight is 431 g/mol. The van der Waals surface area contributed by atoms with Crippen molar-refractivity contribution in [2.75, 3.05) is 25.0 Å². The molecule has 8 nitrogen and oxygen atoms in total. The van der Waals surface area contributed by atoms with Crippen LogP contribution >= 0.6 is 11.6 Å². The quantitative estimate of drug-likeness (QED) is 0.491. The summed E-state index contributed by atoms with van der Waals surface area (Å²) in [5.74, 6) is -0.442. The molecule has 2 amide bonds. The molecule has 2 N–H and O–H groups in total. The number of nitrogens with one attached hydrogen (secondary N) is 2. The van der Waals surface area contributed by atoms with Crippen LogP contribution in [0.25, 0.3) is 0 Å². The van der Waals surface area contributed by atoms with Gasteiger partial charge in [0.15, 0.2) is 0 Å². The number of carbonyl (C=O) groups excluding carboxylic acids is 2. The van der Waals surface area contributed by atoms with Gasteiger partial charge in [0.2, 0.25) is 5.91 Å². The van der Waals surface area contributed by atoms with Gasteiger partial charge in [0.25, 0.3) is 11.6 Å². The standard InChI is InChI=1S/C21H23ClN4O4/c22-17-6-2-1-5-16(17)14-24-18-8-7-15(13-19(18)26(29)30)21(28)23-10-9-20(27)25-11-3-4-12-25/h1-2,5-8,13,24H,3-4,9-12,14H2,(H,23,28). The van der Waals surface area contributed by atoms with E-state index in [1.165, 1.54) is 18.2 Å². The predicted octanol–water partition coefficient (Wildman–Crippen LogP) is 3.60. The number of nitro benzene ring substituents is 1. The predicted molar refractivity (Wildman–Crippen MR) is 115 cm³/mol. The van der Waals surface area contributed by atoms with Gasteiger partial charge in [0, 0.05) is 49.3 Å². The number of hydrogen-bond donors (Lipinski definition) is 2. The van der Waals surface area contributed by atoms with Crippen molar-refractivity contribution < 1.29 is 14.5 Å². The SMILES string of the molecule is O=C(NCCC(=O)N1CCCC1)c1ccc(NCc2ccccc2Cl)c([N+](=O)[O-])c1. The summed E-state index contributed by atoms with van der Waals surface area (Å²) in [7, 11) is 0. The molecule has 0 aromatic heterocycles. The van der Waals surface area contributed by atoms with Gasteiger partial charge in [-0.2, -0.15) is 0 Å². The Morgan fingerprint density at radius 1 is 1.13 bits per heavy atom. The Morgan fingerprint density at radius 2 is 1.87 bits per heavy atom. The van der Waals surface area contributed by atoms with E-state index in [1.54, 1.807) is 17.0 Å². The lowest BCUT2D eigenvalue weighted by atomic mass is 10.1. The largest absolute Gasteiger partial charge is 0.375 e. The van der Waals surface area contributed by atoms with Crippen molar-refractivity contribution >= 4 is 34.8 Å². The van der Waals surface area contributed by atoms with E-state index in [9.17, 15) is 19.7 Å². The zero-order valence-corrected chi connectivity index (χ0v) is 17.2. The number of halogens is 1. The maximum Gasteiger partial charge on any atom is 0.293 e. The van der Waals surface area contributed by atoms with Crippen LogP contribution < -0.4 is 10.6 Å². The highest BCUT2D eigenvalue weighted by Crippen LogP contribution is 2.27. The number of carbonyl (C=O) groups is 2. The Bertz CT molecular complexity index is 944. The van der Waals surface area contributed by atoms with E-state index in [1.807, 2.05) is 12.1 Å². The molecule has 2 aromatic carbocycles. The zero-order chi connectivity index (χ0) is 21.5. The highest BCUT2D eigenvalue weighted by molar-refractivity contribution is 6.31. The van der Waals surface area contributed by atoms with Gasteiger partial charge < -0.3 is 15.5 Å². The van der Waals surface area contributed by atoms with Gasteiger partial charge in [-0.3, -0.25) is 19.7 Å². The van der Waals surface area contributed by atoms with E-state index in [0.29, 0.717) is 17.3 Å². The van der Waals surface area contributed by atoms with Crippen LogP contribution in [0.4, 0.5) is 11.4 Å². The highest BCUT2D eigenvalue weighted by atomic mass is 35.5. The Kier molecular flexibility index (Phi) is 7.24. The summed E-state index contributed by atoms with van der Waals surface area (Å²) in [5, 5.41) is 17.7. The molecular formula is C21H23ClN4O4. The molecule has 0 bridgehead atoms. The molecule has 30 heavy (non-hydrogen) atoms. The Hall–Kier alpha value is -3.13. The molecule has 0 atom stereocenters. The minimum Gasteiger partial charge on any atom is -0.375 e. The topological polar surface area (TPSA) is 105 Å². The lowest BCUT2D eigenvalue weighted by molar-refractivity contribution is -0.384.